The molecule has 4 rings (SSSR count). The van der Waals surface area contributed by atoms with Gasteiger partial charge in [-0.15, -0.1) is 0 Å². The molecule has 3 aromatic rings. The summed E-state index contributed by atoms with van der Waals surface area (Å²) < 4.78 is 15.3. The number of carbonyl (C=O) groups is 2. The van der Waals surface area contributed by atoms with Gasteiger partial charge in [0, 0.05) is 23.8 Å². The highest BCUT2D eigenvalue weighted by Gasteiger charge is 2.33. The molecule has 12 nitrogen and oxygen atoms in total. The topological polar surface area (TPSA) is 143 Å². The van der Waals surface area contributed by atoms with E-state index in [-0.39, 0.29) is 31.6 Å². The van der Waals surface area contributed by atoms with Gasteiger partial charge in [0.2, 0.25) is 11.9 Å². The van der Waals surface area contributed by atoms with Crippen molar-refractivity contribution < 1.29 is 23.6 Å². The second kappa shape index (κ2) is 12.6. The van der Waals surface area contributed by atoms with Gasteiger partial charge in [0.15, 0.2) is 0 Å². The van der Waals surface area contributed by atoms with E-state index in [4.69, 9.17) is 25.6 Å². The van der Waals surface area contributed by atoms with Crippen molar-refractivity contribution in [1.29, 1.82) is 0 Å². The standard InChI is InChI=1S/C25H26ClN7O5/c1-3-36-25(35)31-23(27-2)30-20-14-28-24(33(22(20)34)15-16-4-6-17(26)7-5-16)29-18-8-10-19(11-9-18)38-21-12-13-37-32-21/h4-13,20H,3,14-15H2,1-2H3,(H,28,29)(H2,27,30,31,35). The Bertz CT molecular complexity index is 1290. The van der Waals surface area contributed by atoms with Gasteiger partial charge in [-0.3, -0.25) is 20.0 Å². The van der Waals surface area contributed by atoms with Crippen LogP contribution in [0, 0.1) is 0 Å². The molecule has 0 fully saturated rings. The molecule has 1 unspecified atom stereocenters. The Morgan fingerprint density at radius 2 is 1.95 bits per heavy atom. The Kier molecular flexibility index (Phi) is 8.77. The number of nitrogens with zero attached hydrogens (tertiary/aromatic N) is 4. The van der Waals surface area contributed by atoms with E-state index in [2.05, 4.69) is 31.1 Å². The van der Waals surface area contributed by atoms with Crippen LogP contribution in [0.3, 0.4) is 0 Å². The normalized spacial score (nSPS) is 15.5. The lowest BCUT2D eigenvalue weighted by Crippen LogP contribution is -2.58. The number of nitrogens with one attached hydrogen (secondary N) is 3. The van der Waals surface area contributed by atoms with Crippen LogP contribution < -0.4 is 20.7 Å². The first-order valence-corrected chi connectivity index (χ1v) is 12.1. The summed E-state index contributed by atoms with van der Waals surface area (Å²) in [6.45, 7) is 2.23. The number of benzene rings is 2. The number of amides is 2. The lowest BCUT2D eigenvalue weighted by atomic mass is 10.1. The molecule has 0 saturated carbocycles. The Morgan fingerprint density at radius 3 is 2.61 bits per heavy atom. The number of hydrogen-bond acceptors (Lipinski definition) is 9. The SMILES string of the molecule is CCOC(=O)NC(=NC)NC1CN=C(Nc2ccc(Oc3ccon3)cc2)N(Cc2ccc(Cl)cc2)C1=O. The molecule has 1 aromatic heterocycles. The Balaban J connectivity index is 1.51. The quantitative estimate of drug-likeness (QED) is 0.305. The summed E-state index contributed by atoms with van der Waals surface area (Å²) in [6.07, 6.45) is 0.743. The van der Waals surface area contributed by atoms with Crippen LogP contribution in [0.4, 0.5) is 10.5 Å². The molecule has 0 spiro atoms. The second-order valence-electron chi connectivity index (χ2n) is 7.92. The molecule has 3 N–H and O–H groups in total. The fraction of sp³-hybridized carbons (Fsp3) is 0.240. The lowest BCUT2D eigenvalue weighted by molar-refractivity contribution is -0.130. The molecular formula is C25H26ClN7O5. The van der Waals surface area contributed by atoms with Gasteiger partial charge < -0.3 is 24.6 Å². The van der Waals surface area contributed by atoms with Crippen LogP contribution in [0.15, 0.2) is 75.4 Å². The van der Waals surface area contributed by atoms with E-state index < -0.39 is 12.1 Å². The molecule has 1 atom stereocenters. The largest absolute Gasteiger partial charge is 0.450 e. The summed E-state index contributed by atoms with van der Waals surface area (Å²) in [5.41, 5.74) is 1.54. The molecular weight excluding hydrogens is 514 g/mol. The minimum absolute atomic E-state index is 0.0996. The molecule has 0 radical (unpaired) electrons. The number of anilines is 1. The Labute approximate surface area is 223 Å². The third-order valence-corrected chi connectivity index (χ3v) is 5.53. The van der Waals surface area contributed by atoms with Crippen molar-refractivity contribution in [3.05, 3.63) is 71.4 Å². The average molecular weight is 540 g/mol. The zero-order valence-electron chi connectivity index (χ0n) is 20.7. The van der Waals surface area contributed by atoms with Gasteiger partial charge in [-0.2, -0.15) is 0 Å². The molecule has 1 aliphatic heterocycles. The fourth-order valence-corrected chi connectivity index (χ4v) is 3.59. The van der Waals surface area contributed by atoms with Gasteiger partial charge in [-0.05, 0) is 54.0 Å². The van der Waals surface area contributed by atoms with E-state index in [1.54, 1.807) is 49.4 Å². The smallest absolute Gasteiger partial charge is 0.413 e. The molecule has 13 heteroatoms. The number of aliphatic imine (C=N–C) groups is 2. The van der Waals surface area contributed by atoms with Crippen molar-refractivity contribution in [3.63, 3.8) is 0 Å². The van der Waals surface area contributed by atoms with E-state index in [9.17, 15) is 9.59 Å². The molecule has 38 heavy (non-hydrogen) atoms. The van der Waals surface area contributed by atoms with Gasteiger partial charge in [-0.25, -0.2) is 9.79 Å². The van der Waals surface area contributed by atoms with E-state index in [0.717, 1.165) is 5.56 Å². The van der Waals surface area contributed by atoms with Gasteiger partial charge in [-0.1, -0.05) is 23.7 Å². The van der Waals surface area contributed by atoms with Crippen LogP contribution in [0.2, 0.25) is 5.02 Å². The van der Waals surface area contributed by atoms with E-state index >= 15 is 0 Å². The van der Waals surface area contributed by atoms with Crippen molar-refractivity contribution in [2.75, 3.05) is 25.5 Å². The molecule has 2 heterocycles. The van der Waals surface area contributed by atoms with Crippen molar-refractivity contribution in [2.24, 2.45) is 9.98 Å². The van der Waals surface area contributed by atoms with Gasteiger partial charge in [0.05, 0.1) is 19.7 Å². The summed E-state index contributed by atoms with van der Waals surface area (Å²) in [4.78, 5) is 35.5. The molecule has 0 bridgehead atoms. The van der Waals surface area contributed by atoms with Gasteiger partial charge in [0.25, 0.3) is 11.8 Å². The number of halogens is 1. The number of carbonyl (C=O) groups excluding carboxylic acids is 2. The maximum Gasteiger partial charge on any atom is 0.413 e. The van der Waals surface area contributed by atoms with Crippen molar-refractivity contribution in [2.45, 2.75) is 19.5 Å². The summed E-state index contributed by atoms with van der Waals surface area (Å²) in [6, 6.07) is 15.1. The van der Waals surface area contributed by atoms with Gasteiger partial charge in [0.1, 0.15) is 18.1 Å². The van der Waals surface area contributed by atoms with Crippen LogP contribution in [0.1, 0.15) is 12.5 Å². The molecule has 2 amide bonds. The highest BCUT2D eigenvalue weighted by atomic mass is 35.5. The second-order valence-corrected chi connectivity index (χ2v) is 8.36. The minimum atomic E-state index is -0.772. The summed E-state index contributed by atoms with van der Waals surface area (Å²) in [5, 5.41) is 12.9. The third kappa shape index (κ3) is 7.01. The molecule has 1 aliphatic rings. The summed E-state index contributed by atoms with van der Waals surface area (Å²) in [7, 11) is 1.49. The first-order chi connectivity index (χ1) is 18.4. The maximum absolute atomic E-state index is 13.6. The summed E-state index contributed by atoms with van der Waals surface area (Å²) >= 11 is 6.03. The minimum Gasteiger partial charge on any atom is -0.450 e. The van der Waals surface area contributed by atoms with Crippen molar-refractivity contribution in [3.8, 4) is 11.6 Å². The number of ether oxygens (including phenoxy) is 2. The Hall–Kier alpha value is -4.58. The maximum atomic E-state index is 13.6. The number of aromatic nitrogens is 1. The highest BCUT2D eigenvalue weighted by molar-refractivity contribution is 6.30. The fourth-order valence-electron chi connectivity index (χ4n) is 3.47. The third-order valence-electron chi connectivity index (χ3n) is 5.27. The molecule has 198 valence electrons. The average Bonchev–Trinajstić information content (AvgIpc) is 3.42. The van der Waals surface area contributed by atoms with Crippen LogP contribution >= 0.6 is 11.6 Å². The predicted octanol–water partition coefficient (Wildman–Crippen LogP) is 3.62. The lowest BCUT2D eigenvalue weighted by Gasteiger charge is -2.33. The number of hydrogen-bond donors (Lipinski definition) is 3. The first-order valence-electron chi connectivity index (χ1n) is 11.7. The molecule has 2 aromatic carbocycles. The number of alkyl carbamates (subject to hydrolysis) is 1. The number of rotatable bonds is 7. The molecule has 0 saturated heterocycles. The van der Waals surface area contributed by atoms with Crippen LogP contribution in [-0.4, -0.2) is 60.2 Å². The first kappa shape index (κ1) is 26.5. The monoisotopic (exact) mass is 539 g/mol. The molecule has 0 aliphatic carbocycles. The zero-order chi connectivity index (χ0) is 26.9. The van der Waals surface area contributed by atoms with Crippen LogP contribution in [0.5, 0.6) is 11.6 Å². The van der Waals surface area contributed by atoms with Crippen molar-refractivity contribution in [1.82, 2.24) is 20.7 Å². The van der Waals surface area contributed by atoms with Crippen LogP contribution in [0.25, 0.3) is 0 Å². The van der Waals surface area contributed by atoms with E-state index in [1.807, 2.05) is 12.1 Å². The van der Waals surface area contributed by atoms with Crippen LogP contribution in [-0.2, 0) is 16.1 Å². The predicted molar refractivity (Wildman–Crippen MR) is 141 cm³/mol. The number of guanidine groups is 2. The van der Waals surface area contributed by atoms with E-state index in [1.165, 1.54) is 18.2 Å². The van der Waals surface area contributed by atoms with E-state index in [0.29, 0.717) is 28.3 Å². The van der Waals surface area contributed by atoms with Crippen molar-refractivity contribution >= 4 is 41.2 Å². The zero-order valence-corrected chi connectivity index (χ0v) is 21.4. The Morgan fingerprint density at radius 1 is 1.18 bits per heavy atom. The highest BCUT2D eigenvalue weighted by Crippen LogP contribution is 2.22. The van der Waals surface area contributed by atoms with Gasteiger partial charge >= 0.3 is 6.09 Å². The summed E-state index contributed by atoms with van der Waals surface area (Å²) in [5.74, 6) is 1.10.